The molecule has 262 valence electrons. The van der Waals surface area contributed by atoms with Gasteiger partial charge < -0.3 is 25.5 Å². The Hall–Kier alpha value is -4.48. The van der Waals surface area contributed by atoms with Crippen LogP contribution >= 0.6 is 34.7 Å². The number of fused-ring (bicyclic) bond motifs is 2. The van der Waals surface area contributed by atoms with Crippen LogP contribution in [-0.4, -0.2) is 91.6 Å². The second kappa shape index (κ2) is 13.7. The van der Waals surface area contributed by atoms with Crippen molar-refractivity contribution >= 4 is 74.9 Å². The zero-order valence-corrected chi connectivity index (χ0v) is 29.4. The molecule has 14 nitrogen and oxygen atoms in total. The Morgan fingerprint density at radius 2 is 2.02 bits per heavy atom. The lowest BCUT2D eigenvalue weighted by Crippen LogP contribution is -2.62. The summed E-state index contributed by atoms with van der Waals surface area (Å²) in [6, 6.07) is 6.91. The third-order valence-corrected chi connectivity index (χ3v) is 11.9. The van der Waals surface area contributed by atoms with Crippen molar-refractivity contribution in [2.24, 2.45) is 11.1 Å². The van der Waals surface area contributed by atoms with Crippen LogP contribution in [0.5, 0.6) is 0 Å². The maximum absolute atomic E-state index is 15.2. The summed E-state index contributed by atoms with van der Waals surface area (Å²) in [5.41, 5.74) is 7.23. The summed E-state index contributed by atoms with van der Waals surface area (Å²) in [7, 11) is 1.27. The van der Waals surface area contributed by atoms with Gasteiger partial charge in [0.1, 0.15) is 34.5 Å². The van der Waals surface area contributed by atoms with Gasteiger partial charge in [-0.25, -0.2) is 14.2 Å². The van der Waals surface area contributed by atoms with Gasteiger partial charge >= 0.3 is 5.97 Å². The van der Waals surface area contributed by atoms with Gasteiger partial charge in [0, 0.05) is 55.1 Å². The molecule has 3 aromatic rings. The number of nitrogens with zero attached hydrogens (tertiary/aromatic N) is 7. The summed E-state index contributed by atoms with van der Waals surface area (Å²) in [6.07, 6.45) is 3.71. The van der Waals surface area contributed by atoms with E-state index < -0.39 is 29.0 Å². The maximum atomic E-state index is 15.2. The van der Waals surface area contributed by atoms with Gasteiger partial charge in [-0.3, -0.25) is 19.9 Å². The Morgan fingerprint density at radius 1 is 1.24 bits per heavy atom. The van der Waals surface area contributed by atoms with Crippen LogP contribution in [0.25, 0.3) is 0 Å². The number of aliphatic carboxylic acids is 1. The van der Waals surface area contributed by atoms with E-state index in [9.17, 15) is 19.5 Å². The Kier molecular flexibility index (Phi) is 9.30. The van der Waals surface area contributed by atoms with Gasteiger partial charge in [0.2, 0.25) is 5.91 Å². The number of hydrogen-bond acceptors (Lipinski definition) is 11. The molecule has 0 aliphatic carbocycles. The van der Waals surface area contributed by atoms with Gasteiger partial charge in [-0.15, -0.1) is 21.1 Å². The number of ketones is 1. The molecule has 0 saturated carbocycles. The molecule has 1 amide bonds. The standard InChI is InChI=1S/C32H33ClFN9O5S2/c1-48-38-24(25-27(33)50-32(36)37-25)22(44)13-20-29(45)43-26(31(46)47)19(16-49-30(20)43)15-41-9-6-23-40(10-11-42(23)41)14-18-5-4-17(12-21(18)34)28(35)39-7-2-3-8-39/h4-6,9,12,20,30,35H,2-3,7-8,10-11,13-16H2,1H3,(H2-,36,37,46,47)/p+1/b35-28?,38-24+/t20-,30-/m1/s1. The molecule has 0 radical (unpaired) electrons. The maximum Gasteiger partial charge on any atom is 0.352 e. The lowest BCUT2D eigenvalue weighted by molar-refractivity contribution is -0.766. The number of carboxylic acids is 1. The quantitative estimate of drug-likeness (QED) is 0.0872. The molecule has 18 heteroatoms. The molecule has 50 heavy (non-hydrogen) atoms. The second-order valence-corrected chi connectivity index (χ2v) is 15.1. The molecular formula is C32H34ClFN9O5S2+. The van der Waals surface area contributed by atoms with Crippen molar-refractivity contribution < 1.29 is 33.4 Å². The fourth-order valence-corrected chi connectivity index (χ4v) is 9.29. The third kappa shape index (κ3) is 6.11. The molecule has 4 aliphatic heterocycles. The van der Waals surface area contributed by atoms with Gasteiger partial charge in [0.15, 0.2) is 35.2 Å². The van der Waals surface area contributed by atoms with E-state index in [0.29, 0.717) is 47.9 Å². The molecule has 2 atom stereocenters. The van der Waals surface area contributed by atoms with Gasteiger partial charge in [0.25, 0.3) is 0 Å². The van der Waals surface area contributed by atoms with Crippen LogP contribution in [0.4, 0.5) is 15.3 Å². The average molecular weight is 743 g/mol. The van der Waals surface area contributed by atoms with Crippen molar-refractivity contribution in [1.29, 1.82) is 5.41 Å². The monoisotopic (exact) mass is 742 g/mol. The fourth-order valence-electron chi connectivity index (χ4n) is 6.95. The lowest BCUT2D eigenvalue weighted by Gasteiger charge is -2.49. The van der Waals surface area contributed by atoms with E-state index in [-0.39, 0.29) is 45.4 Å². The first kappa shape index (κ1) is 34.0. The van der Waals surface area contributed by atoms with Crippen LogP contribution in [0.15, 0.2) is 46.9 Å². The highest BCUT2D eigenvalue weighted by molar-refractivity contribution is 8.00. The number of nitrogens with one attached hydrogen (secondary N) is 1. The molecule has 2 aromatic heterocycles. The summed E-state index contributed by atoms with van der Waals surface area (Å²) < 4.78 is 19.3. The number of aromatic nitrogens is 3. The topological polar surface area (TPSA) is 174 Å². The molecule has 4 aliphatic rings. The molecule has 0 unspecified atom stereocenters. The summed E-state index contributed by atoms with van der Waals surface area (Å²) >= 11 is 8.58. The molecule has 1 aromatic carbocycles. The van der Waals surface area contributed by atoms with Gasteiger partial charge in [-0.2, -0.15) is 0 Å². The molecule has 6 heterocycles. The molecule has 7 rings (SSSR count). The minimum absolute atomic E-state index is 0.0713. The van der Waals surface area contributed by atoms with Crippen LogP contribution in [0.3, 0.4) is 0 Å². The minimum Gasteiger partial charge on any atom is -0.477 e. The van der Waals surface area contributed by atoms with Crippen LogP contribution < -0.4 is 15.3 Å². The fraction of sp³-hybridized carbons (Fsp3) is 0.406. The number of Topliss-reactive ketones (excluding diaryl/α,β-unsaturated/α-hetero) is 1. The van der Waals surface area contributed by atoms with E-state index >= 15 is 4.39 Å². The van der Waals surface area contributed by atoms with Gasteiger partial charge in [-0.1, -0.05) is 40.2 Å². The number of carboxylic acid groups (broad SMARTS) is 1. The number of thiazole rings is 1. The van der Waals surface area contributed by atoms with Crippen molar-refractivity contribution in [1.82, 2.24) is 19.5 Å². The smallest absolute Gasteiger partial charge is 0.352 e. The SMILES string of the molecule is CO/N=C(\C(=O)C[C@@H]1C(=O)N2C(C(=O)O)=C(C[n+]3ccc4n3CCN4Cc3ccc(C(=N)N4CCCC4)cc3F)CS[C@H]12)c1nc(N)sc1Cl. The van der Waals surface area contributed by atoms with Crippen molar-refractivity contribution in [3.8, 4) is 0 Å². The number of oxime groups is 1. The van der Waals surface area contributed by atoms with Crippen LogP contribution in [0.1, 0.15) is 36.1 Å². The number of anilines is 2. The highest BCUT2D eigenvalue weighted by Crippen LogP contribution is 2.45. The number of halogens is 2. The highest BCUT2D eigenvalue weighted by atomic mass is 35.5. The molecule has 2 fully saturated rings. The minimum atomic E-state index is -1.22. The van der Waals surface area contributed by atoms with E-state index in [2.05, 4.69) is 15.0 Å². The number of likely N-dealkylation sites (tertiary alicyclic amines) is 1. The Balaban J connectivity index is 1.04. The zero-order valence-electron chi connectivity index (χ0n) is 27.0. The molecule has 0 bridgehead atoms. The van der Waals surface area contributed by atoms with Gasteiger partial charge in [0.05, 0.1) is 23.9 Å². The number of benzene rings is 1. The number of amidine groups is 1. The number of thioether (sulfide) groups is 1. The van der Waals surface area contributed by atoms with Crippen LogP contribution in [0, 0.1) is 17.1 Å². The molecular weight excluding hydrogens is 709 g/mol. The van der Waals surface area contributed by atoms with Crippen LogP contribution in [-0.2, 0) is 38.9 Å². The van der Waals surface area contributed by atoms with Crippen molar-refractivity contribution in [2.45, 2.75) is 44.3 Å². The normalized spacial score (nSPS) is 20.3. The first-order valence-corrected chi connectivity index (χ1v) is 18.2. The van der Waals surface area contributed by atoms with E-state index in [4.69, 9.17) is 27.6 Å². The Bertz CT molecular complexity index is 1970. The van der Waals surface area contributed by atoms with Crippen LogP contribution in [0.2, 0.25) is 4.34 Å². The van der Waals surface area contributed by atoms with Crippen molar-refractivity contribution in [3.63, 3.8) is 0 Å². The number of hydrogen-bond donors (Lipinski definition) is 3. The van der Waals surface area contributed by atoms with E-state index in [1.165, 1.54) is 29.8 Å². The predicted octanol–water partition coefficient (Wildman–Crippen LogP) is 2.93. The number of amides is 1. The first-order chi connectivity index (χ1) is 24.0. The summed E-state index contributed by atoms with van der Waals surface area (Å²) in [4.78, 5) is 53.5. The zero-order chi connectivity index (χ0) is 35.3. The Morgan fingerprint density at radius 3 is 2.70 bits per heavy atom. The first-order valence-electron chi connectivity index (χ1n) is 16.0. The Labute approximate surface area is 299 Å². The number of β-lactam (4-membered cyclic amide) rings is 1. The highest BCUT2D eigenvalue weighted by Gasteiger charge is 2.54. The van der Waals surface area contributed by atoms with E-state index in [1.54, 1.807) is 12.1 Å². The predicted molar refractivity (Wildman–Crippen MR) is 186 cm³/mol. The third-order valence-electron chi connectivity index (χ3n) is 9.38. The van der Waals surface area contributed by atoms with E-state index in [0.717, 1.165) is 43.1 Å². The lowest BCUT2D eigenvalue weighted by atomic mass is 9.89. The van der Waals surface area contributed by atoms with Crippen molar-refractivity contribution in [2.75, 3.05) is 43.1 Å². The molecule has 2 saturated heterocycles. The number of nitrogens with two attached hydrogens (primary N) is 1. The molecule has 4 N–H and O–H groups in total. The van der Waals surface area contributed by atoms with Gasteiger partial charge in [-0.05, 0) is 18.9 Å². The van der Waals surface area contributed by atoms with Crippen molar-refractivity contribution in [3.05, 3.63) is 68.7 Å². The number of carbonyl (C=O) groups excluding carboxylic acids is 2. The summed E-state index contributed by atoms with van der Waals surface area (Å²) in [5.74, 6) is -1.77. The number of nitrogen functional groups attached to an aromatic ring is 1. The summed E-state index contributed by atoms with van der Waals surface area (Å²) in [6.45, 7) is 3.46. The summed E-state index contributed by atoms with van der Waals surface area (Å²) in [5, 5.41) is 22.1. The molecule has 0 spiro atoms. The number of carbonyl (C=O) groups is 3. The number of rotatable bonds is 11. The second-order valence-electron chi connectivity index (χ2n) is 12.4. The van der Waals surface area contributed by atoms with E-state index in [1.807, 2.05) is 26.5 Å². The average Bonchev–Trinajstić information content (AvgIpc) is 3.90. The largest absolute Gasteiger partial charge is 0.477 e.